The van der Waals surface area contributed by atoms with Crippen LogP contribution in [0.15, 0.2) is 54.6 Å². The summed E-state index contributed by atoms with van der Waals surface area (Å²) in [6.45, 7) is 9.88. The van der Waals surface area contributed by atoms with E-state index >= 15 is 0 Å². The standard InChI is InChI=1S/C23H29N3O2/c1-23(2,3)22(28)24-20-12-8-7-11-19(20)21(27)26-15-13-25(14-16-26)17-18-9-5-4-6-10-18/h4-12H,13-17H2,1-3H3,(H,24,28)/p+1. The number of carbonyl (C=O) groups excluding carboxylic acids is 2. The minimum atomic E-state index is -0.511. The van der Waals surface area contributed by atoms with Crippen LogP contribution in [0.2, 0.25) is 0 Å². The lowest BCUT2D eigenvalue weighted by molar-refractivity contribution is -0.917. The fraction of sp³-hybridized carbons (Fsp3) is 0.391. The maximum atomic E-state index is 13.1. The van der Waals surface area contributed by atoms with Gasteiger partial charge in [-0.3, -0.25) is 9.59 Å². The highest BCUT2D eigenvalue weighted by atomic mass is 16.2. The highest BCUT2D eigenvalue weighted by molar-refractivity contribution is 6.04. The van der Waals surface area contributed by atoms with Gasteiger partial charge in [-0.2, -0.15) is 0 Å². The summed E-state index contributed by atoms with van der Waals surface area (Å²) in [4.78, 5) is 28.8. The molecule has 1 fully saturated rings. The van der Waals surface area contributed by atoms with Crippen LogP contribution in [0.3, 0.4) is 0 Å². The van der Waals surface area contributed by atoms with Crippen molar-refractivity contribution in [1.29, 1.82) is 0 Å². The normalized spacial score (nSPS) is 15.3. The third-order valence-electron chi connectivity index (χ3n) is 5.14. The van der Waals surface area contributed by atoms with E-state index in [0.717, 1.165) is 32.7 Å². The molecular formula is C23H30N3O2+. The number of hydrogen-bond donors (Lipinski definition) is 2. The van der Waals surface area contributed by atoms with Crippen molar-refractivity contribution >= 4 is 17.5 Å². The van der Waals surface area contributed by atoms with Crippen molar-refractivity contribution in [2.75, 3.05) is 31.5 Å². The van der Waals surface area contributed by atoms with Crippen LogP contribution in [0.1, 0.15) is 36.7 Å². The summed E-state index contributed by atoms with van der Waals surface area (Å²) in [6.07, 6.45) is 0. The van der Waals surface area contributed by atoms with Crippen molar-refractivity contribution in [3.8, 4) is 0 Å². The second-order valence-electron chi connectivity index (χ2n) is 8.45. The average molecular weight is 381 g/mol. The summed E-state index contributed by atoms with van der Waals surface area (Å²) < 4.78 is 0. The molecule has 0 bridgehead atoms. The van der Waals surface area contributed by atoms with Gasteiger partial charge >= 0.3 is 0 Å². The van der Waals surface area contributed by atoms with Gasteiger partial charge in [-0.25, -0.2) is 0 Å². The molecule has 0 atom stereocenters. The second kappa shape index (κ2) is 8.57. The van der Waals surface area contributed by atoms with Crippen LogP contribution in [0.5, 0.6) is 0 Å². The van der Waals surface area contributed by atoms with E-state index in [1.807, 2.05) is 43.9 Å². The molecule has 0 aliphatic carbocycles. The van der Waals surface area contributed by atoms with Gasteiger partial charge in [0.15, 0.2) is 0 Å². The van der Waals surface area contributed by atoms with Gasteiger partial charge in [0.05, 0.1) is 37.4 Å². The molecule has 0 saturated carbocycles. The second-order valence-corrected chi connectivity index (χ2v) is 8.45. The van der Waals surface area contributed by atoms with E-state index in [1.165, 1.54) is 10.5 Å². The molecule has 2 aromatic carbocycles. The topological polar surface area (TPSA) is 53.9 Å². The first-order valence-electron chi connectivity index (χ1n) is 9.92. The van der Waals surface area contributed by atoms with E-state index in [-0.39, 0.29) is 11.8 Å². The SMILES string of the molecule is CC(C)(C)C(=O)Nc1ccccc1C(=O)N1CC[NH+](Cc2ccccc2)CC1. The highest BCUT2D eigenvalue weighted by Gasteiger charge is 2.27. The molecule has 2 N–H and O–H groups in total. The number of anilines is 1. The molecule has 0 unspecified atom stereocenters. The van der Waals surface area contributed by atoms with Crippen LogP contribution in [0.25, 0.3) is 0 Å². The van der Waals surface area contributed by atoms with E-state index in [0.29, 0.717) is 11.3 Å². The minimum Gasteiger partial charge on any atom is -0.328 e. The largest absolute Gasteiger partial charge is 0.328 e. The first-order valence-corrected chi connectivity index (χ1v) is 9.92. The summed E-state index contributed by atoms with van der Waals surface area (Å²) in [5.41, 5.74) is 1.97. The van der Waals surface area contributed by atoms with Gasteiger partial charge in [-0.15, -0.1) is 0 Å². The predicted octanol–water partition coefficient (Wildman–Crippen LogP) is 2.21. The molecule has 1 heterocycles. The smallest absolute Gasteiger partial charge is 0.256 e. The van der Waals surface area contributed by atoms with Crippen LogP contribution >= 0.6 is 0 Å². The fourth-order valence-corrected chi connectivity index (χ4v) is 3.35. The minimum absolute atomic E-state index is 0.0106. The Morgan fingerprint density at radius 3 is 2.21 bits per heavy atom. The molecule has 0 spiro atoms. The third-order valence-corrected chi connectivity index (χ3v) is 5.14. The van der Waals surface area contributed by atoms with Crippen LogP contribution in [-0.2, 0) is 11.3 Å². The number of carbonyl (C=O) groups is 2. The monoisotopic (exact) mass is 380 g/mol. The number of nitrogens with zero attached hydrogens (tertiary/aromatic N) is 1. The van der Waals surface area contributed by atoms with Crippen LogP contribution in [0.4, 0.5) is 5.69 Å². The number of nitrogens with one attached hydrogen (secondary N) is 2. The number of hydrogen-bond acceptors (Lipinski definition) is 2. The zero-order valence-corrected chi connectivity index (χ0v) is 17.0. The van der Waals surface area contributed by atoms with E-state index in [4.69, 9.17) is 0 Å². The van der Waals surface area contributed by atoms with Crippen molar-refractivity contribution in [3.63, 3.8) is 0 Å². The van der Waals surface area contributed by atoms with Gasteiger partial charge in [0.25, 0.3) is 5.91 Å². The molecule has 3 rings (SSSR count). The molecule has 0 radical (unpaired) electrons. The quantitative estimate of drug-likeness (QED) is 0.855. The Labute approximate surface area is 167 Å². The maximum absolute atomic E-state index is 13.1. The van der Waals surface area contributed by atoms with E-state index in [9.17, 15) is 9.59 Å². The number of amides is 2. The first-order chi connectivity index (χ1) is 13.3. The number of para-hydroxylation sites is 1. The van der Waals surface area contributed by atoms with Crippen molar-refractivity contribution in [1.82, 2.24) is 4.90 Å². The van der Waals surface area contributed by atoms with E-state index < -0.39 is 5.41 Å². The Hall–Kier alpha value is -2.66. The summed E-state index contributed by atoms with van der Waals surface area (Å²) >= 11 is 0. The first kappa shape index (κ1) is 20.1. The number of piperazine rings is 1. The molecule has 1 aliphatic rings. The van der Waals surface area contributed by atoms with Gasteiger partial charge in [0.1, 0.15) is 6.54 Å². The predicted molar refractivity (Wildman–Crippen MR) is 111 cm³/mol. The molecular weight excluding hydrogens is 350 g/mol. The lowest BCUT2D eigenvalue weighted by Gasteiger charge is -2.32. The molecule has 148 valence electrons. The van der Waals surface area contributed by atoms with Gasteiger partial charge in [-0.1, -0.05) is 63.2 Å². The Morgan fingerprint density at radius 2 is 1.57 bits per heavy atom. The number of rotatable bonds is 4. The fourth-order valence-electron chi connectivity index (χ4n) is 3.35. The Bertz CT molecular complexity index is 819. The van der Waals surface area contributed by atoms with Gasteiger partial charge in [-0.05, 0) is 12.1 Å². The summed E-state index contributed by atoms with van der Waals surface area (Å²) in [5.74, 6) is -0.103. The maximum Gasteiger partial charge on any atom is 0.256 e. The van der Waals surface area contributed by atoms with Crippen molar-refractivity contribution in [2.45, 2.75) is 27.3 Å². The molecule has 28 heavy (non-hydrogen) atoms. The average Bonchev–Trinajstić information content (AvgIpc) is 2.68. The zero-order valence-electron chi connectivity index (χ0n) is 17.0. The van der Waals surface area contributed by atoms with Crippen molar-refractivity contribution < 1.29 is 14.5 Å². The van der Waals surface area contributed by atoms with E-state index in [2.05, 4.69) is 29.6 Å². The Morgan fingerprint density at radius 1 is 0.964 bits per heavy atom. The molecule has 2 aromatic rings. The molecule has 1 saturated heterocycles. The Kier molecular flexibility index (Phi) is 6.15. The van der Waals surface area contributed by atoms with Crippen molar-refractivity contribution in [3.05, 3.63) is 65.7 Å². The summed E-state index contributed by atoms with van der Waals surface area (Å²) in [5, 5.41) is 2.92. The molecule has 5 heteroatoms. The molecule has 5 nitrogen and oxygen atoms in total. The van der Waals surface area contributed by atoms with Crippen LogP contribution in [-0.4, -0.2) is 42.9 Å². The number of quaternary nitrogens is 1. The molecule has 0 aromatic heterocycles. The number of benzene rings is 2. The lowest BCUT2D eigenvalue weighted by atomic mass is 9.95. The zero-order chi connectivity index (χ0) is 20.1. The summed E-state index contributed by atoms with van der Waals surface area (Å²) in [7, 11) is 0. The molecule has 1 aliphatic heterocycles. The lowest BCUT2D eigenvalue weighted by Crippen LogP contribution is -3.13. The van der Waals surface area contributed by atoms with Crippen LogP contribution in [0, 0.1) is 5.41 Å². The van der Waals surface area contributed by atoms with Gasteiger partial charge in [0, 0.05) is 11.0 Å². The Balaban J connectivity index is 1.63. The van der Waals surface area contributed by atoms with E-state index in [1.54, 1.807) is 12.1 Å². The van der Waals surface area contributed by atoms with Gasteiger partial charge < -0.3 is 15.1 Å². The highest BCUT2D eigenvalue weighted by Crippen LogP contribution is 2.21. The van der Waals surface area contributed by atoms with Crippen LogP contribution < -0.4 is 10.2 Å². The molecule has 2 amide bonds. The summed E-state index contributed by atoms with van der Waals surface area (Å²) in [6, 6.07) is 17.8. The van der Waals surface area contributed by atoms with Gasteiger partial charge in [0.2, 0.25) is 5.91 Å². The third kappa shape index (κ3) is 4.98. The van der Waals surface area contributed by atoms with Crippen molar-refractivity contribution in [2.24, 2.45) is 5.41 Å².